The number of piperidine rings is 2. The molecule has 4 heteroatoms. The van der Waals surface area contributed by atoms with Crippen LogP contribution in [0.15, 0.2) is 0 Å². The summed E-state index contributed by atoms with van der Waals surface area (Å²) < 4.78 is 0. The number of nitrogens with zero attached hydrogens (tertiary/aromatic N) is 2. The van der Waals surface area contributed by atoms with Crippen LogP contribution in [0.3, 0.4) is 0 Å². The molecule has 0 aliphatic carbocycles. The lowest BCUT2D eigenvalue weighted by Crippen LogP contribution is -2.53. The molecule has 2 atom stereocenters. The predicted octanol–water partition coefficient (Wildman–Crippen LogP) is 2.10. The normalized spacial score (nSPS) is 25.4. The van der Waals surface area contributed by atoms with Gasteiger partial charge in [-0.25, -0.2) is 0 Å². The maximum atomic E-state index is 12.8. The minimum Gasteiger partial charge on any atom is -0.341 e. The zero-order valence-electron chi connectivity index (χ0n) is 14.1. The van der Waals surface area contributed by atoms with Crippen LogP contribution in [-0.4, -0.2) is 60.5 Å². The smallest absolute Gasteiger partial charge is 0.239 e. The van der Waals surface area contributed by atoms with Gasteiger partial charge in [0.25, 0.3) is 0 Å². The molecule has 2 unspecified atom stereocenters. The Balaban J connectivity index is 1.93. The van der Waals surface area contributed by atoms with E-state index in [2.05, 4.69) is 35.9 Å². The number of hydrogen-bond acceptors (Lipinski definition) is 3. The zero-order chi connectivity index (χ0) is 15.2. The Hall–Kier alpha value is -0.610. The number of amides is 1. The van der Waals surface area contributed by atoms with Gasteiger partial charge in [-0.05, 0) is 71.9 Å². The first-order valence-electron chi connectivity index (χ1n) is 8.85. The summed E-state index contributed by atoms with van der Waals surface area (Å²) in [6.45, 7) is 11.8. The van der Waals surface area contributed by atoms with Crippen molar-refractivity contribution in [2.75, 3.05) is 32.7 Å². The predicted molar refractivity (Wildman–Crippen MR) is 87.3 cm³/mol. The van der Waals surface area contributed by atoms with Crippen LogP contribution in [0.4, 0.5) is 0 Å². The summed E-state index contributed by atoms with van der Waals surface area (Å²) in [7, 11) is 0. The summed E-state index contributed by atoms with van der Waals surface area (Å²) >= 11 is 0. The molecular weight excluding hydrogens is 262 g/mol. The van der Waals surface area contributed by atoms with E-state index in [1.165, 1.54) is 32.1 Å². The average molecular weight is 295 g/mol. The molecule has 2 aliphatic rings. The van der Waals surface area contributed by atoms with Crippen molar-refractivity contribution in [3.8, 4) is 0 Å². The molecule has 2 heterocycles. The van der Waals surface area contributed by atoms with Crippen LogP contribution < -0.4 is 5.32 Å². The Morgan fingerprint density at radius 2 is 1.90 bits per heavy atom. The van der Waals surface area contributed by atoms with Gasteiger partial charge in [-0.3, -0.25) is 9.69 Å². The van der Waals surface area contributed by atoms with E-state index in [4.69, 9.17) is 0 Å². The lowest BCUT2D eigenvalue weighted by Gasteiger charge is -2.39. The Morgan fingerprint density at radius 1 is 1.19 bits per heavy atom. The van der Waals surface area contributed by atoms with E-state index in [1.54, 1.807) is 0 Å². The molecule has 0 aromatic heterocycles. The van der Waals surface area contributed by atoms with E-state index in [0.29, 0.717) is 17.9 Å². The molecule has 2 aliphatic heterocycles. The third kappa shape index (κ3) is 4.68. The summed E-state index contributed by atoms with van der Waals surface area (Å²) in [6, 6.07) is 0.445. The van der Waals surface area contributed by atoms with Crippen molar-refractivity contribution in [3.05, 3.63) is 0 Å². The van der Waals surface area contributed by atoms with Crippen LogP contribution >= 0.6 is 0 Å². The molecule has 1 amide bonds. The molecule has 2 fully saturated rings. The highest BCUT2D eigenvalue weighted by atomic mass is 16.2. The van der Waals surface area contributed by atoms with Gasteiger partial charge >= 0.3 is 0 Å². The summed E-state index contributed by atoms with van der Waals surface area (Å²) in [6.07, 6.45) is 6.19. The molecule has 1 N–H and O–H groups in total. The molecule has 0 aromatic carbocycles. The maximum absolute atomic E-state index is 12.8. The van der Waals surface area contributed by atoms with Crippen LogP contribution in [0.25, 0.3) is 0 Å². The van der Waals surface area contributed by atoms with E-state index < -0.39 is 0 Å². The van der Waals surface area contributed by atoms with Gasteiger partial charge in [0.2, 0.25) is 5.91 Å². The molecule has 0 aromatic rings. The zero-order valence-corrected chi connectivity index (χ0v) is 14.1. The minimum atomic E-state index is 0.0185. The number of rotatable bonds is 5. The fourth-order valence-corrected chi connectivity index (χ4v) is 3.71. The first kappa shape index (κ1) is 16.8. The van der Waals surface area contributed by atoms with Crippen molar-refractivity contribution >= 4 is 5.91 Å². The number of likely N-dealkylation sites (tertiary alicyclic amines) is 1. The van der Waals surface area contributed by atoms with Crippen LogP contribution in [0.1, 0.15) is 52.9 Å². The standard InChI is InChI=1S/C17H33N3O/c1-14(2)20(13-16-8-7-9-18-12-16)15(3)17(21)19-10-5-4-6-11-19/h14-16,18H,4-13H2,1-3H3. The molecule has 0 radical (unpaired) electrons. The molecule has 0 bridgehead atoms. The number of hydrogen-bond donors (Lipinski definition) is 1. The maximum Gasteiger partial charge on any atom is 0.239 e. The second-order valence-corrected chi connectivity index (χ2v) is 7.06. The molecule has 4 nitrogen and oxygen atoms in total. The summed E-state index contributed by atoms with van der Waals surface area (Å²) in [5.41, 5.74) is 0. The Morgan fingerprint density at radius 3 is 2.48 bits per heavy atom. The van der Waals surface area contributed by atoms with Crippen LogP contribution in [0.2, 0.25) is 0 Å². The van der Waals surface area contributed by atoms with E-state index in [9.17, 15) is 4.79 Å². The van der Waals surface area contributed by atoms with Crippen molar-refractivity contribution in [2.45, 2.75) is 65.0 Å². The van der Waals surface area contributed by atoms with E-state index in [1.807, 2.05) is 0 Å². The summed E-state index contributed by atoms with van der Waals surface area (Å²) in [5.74, 6) is 1.03. The number of nitrogens with one attached hydrogen (secondary N) is 1. The Kier molecular flexibility index (Phi) is 6.49. The monoisotopic (exact) mass is 295 g/mol. The van der Waals surface area contributed by atoms with Crippen LogP contribution in [-0.2, 0) is 4.79 Å². The summed E-state index contributed by atoms with van der Waals surface area (Å²) in [4.78, 5) is 17.3. The second kappa shape index (κ2) is 8.14. The highest BCUT2D eigenvalue weighted by Crippen LogP contribution is 2.18. The molecule has 0 spiro atoms. The van der Waals surface area contributed by atoms with Crippen molar-refractivity contribution in [1.82, 2.24) is 15.1 Å². The third-order valence-corrected chi connectivity index (χ3v) is 5.05. The van der Waals surface area contributed by atoms with Gasteiger partial charge in [-0.15, -0.1) is 0 Å². The number of carbonyl (C=O) groups is 1. The highest BCUT2D eigenvalue weighted by molar-refractivity contribution is 5.81. The van der Waals surface area contributed by atoms with Gasteiger partial charge in [-0.2, -0.15) is 0 Å². The topological polar surface area (TPSA) is 35.6 Å². The second-order valence-electron chi connectivity index (χ2n) is 7.06. The average Bonchev–Trinajstić information content (AvgIpc) is 2.53. The lowest BCUT2D eigenvalue weighted by atomic mass is 9.97. The van der Waals surface area contributed by atoms with E-state index in [0.717, 1.165) is 32.7 Å². The van der Waals surface area contributed by atoms with Crippen molar-refractivity contribution in [2.24, 2.45) is 5.92 Å². The van der Waals surface area contributed by atoms with Gasteiger partial charge in [-0.1, -0.05) is 0 Å². The van der Waals surface area contributed by atoms with Crippen LogP contribution in [0, 0.1) is 5.92 Å². The fourth-order valence-electron chi connectivity index (χ4n) is 3.71. The fraction of sp³-hybridized carbons (Fsp3) is 0.941. The van der Waals surface area contributed by atoms with Crippen molar-refractivity contribution in [1.29, 1.82) is 0 Å². The molecule has 2 saturated heterocycles. The SMILES string of the molecule is CC(C)N(CC1CCCNC1)C(C)C(=O)N1CCCCC1. The third-order valence-electron chi connectivity index (χ3n) is 5.05. The van der Waals surface area contributed by atoms with Gasteiger partial charge in [0, 0.05) is 25.7 Å². The first-order valence-corrected chi connectivity index (χ1v) is 8.85. The largest absolute Gasteiger partial charge is 0.341 e. The molecule has 2 rings (SSSR count). The van der Waals surface area contributed by atoms with Gasteiger partial charge in [0.1, 0.15) is 0 Å². The quantitative estimate of drug-likeness (QED) is 0.844. The van der Waals surface area contributed by atoms with Crippen molar-refractivity contribution in [3.63, 3.8) is 0 Å². The lowest BCUT2D eigenvalue weighted by molar-refractivity contribution is -0.138. The van der Waals surface area contributed by atoms with Gasteiger partial charge in [0.05, 0.1) is 6.04 Å². The molecule has 0 saturated carbocycles. The number of carbonyl (C=O) groups excluding carboxylic acids is 1. The highest BCUT2D eigenvalue weighted by Gasteiger charge is 2.30. The van der Waals surface area contributed by atoms with Crippen molar-refractivity contribution < 1.29 is 4.79 Å². The van der Waals surface area contributed by atoms with E-state index >= 15 is 0 Å². The minimum absolute atomic E-state index is 0.0185. The first-order chi connectivity index (χ1) is 10.1. The van der Waals surface area contributed by atoms with Gasteiger partial charge in [0.15, 0.2) is 0 Å². The van der Waals surface area contributed by atoms with E-state index in [-0.39, 0.29) is 6.04 Å². The molecular formula is C17H33N3O. The summed E-state index contributed by atoms with van der Waals surface area (Å²) in [5, 5.41) is 3.49. The molecule has 122 valence electrons. The Bertz CT molecular complexity index is 320. The molecule has 21 heavy (non-hydrogen) atoms. The Labute approximate surface area is 130 Å². The van der Waals surface area contributed by atoms with Crippen LogP contribution in [0.5, 0.6) is 0 Å². The van der Waals surface area contributed by atoms with Gasteiger partial charge < -0.3 is 10.2 Å².